The first-order chi connectivity index (χ1) is 9.56. The van der Waals surface area contributed by atoms with Crippen molar-refractivity contribution in [1.82, 2.24) is 4.90 Å². The first-order valence-corrected chi connectivity index (χ1v) is 7.72. The lowest BCUT2D eigenvalue weighted by Crippen LogP contribution is -2.32. The molecule has 0 aliphatic heterocycles. The first-order valence-electron chi connectivity index (χ1n) is 7.31. The number of benzene rings is 1. The quantitative estimate of drug-likeness (QED) is 0.710. The average molecular weight is 294 g/mol. The van der Waals surface area contributed by atoms with E-state index in [1.54, 1.807) is 0 Å². The van der Waals surface area contributed by atoms with Gasteiger partial charge in [-0.25, -0.2) is 0 Å². The fourth-order valence-corrected chi connectivity index (χ4v) is 2.11. The Morgan fingerprint density at radius 2 is 2.15 bits per heavy atom. The van der Waals surface area contributed by atoms with Crippen molar-refractivity contribution >= 4 is 17.2 Å². The molecule has 0 aliphatic rings. The van der Waals surface area contributed by atoms with Crippen molar-refractivity contribution in [3.63, 3.8) is 0 Å². The molecule has 0 aliphatic carbocycles. The second-order valence-electron chi connectivity index (χ2n) is 5.15. The van der Waals surface area contributed by atoms with Gasteiger partial charge in [-0.1, -0.05) is 51.5 Å². The molecule has 0 heterocycles. The number of thiocarbonyl (C=S) groups is 1. The maximum absolute atomic E-state index is 5.79. The van der Waals surface area contributed by atoms with E-state index in [-0.39, 0.29) is 0 Å². The lowest BCUT2D eigenvalue weighted by Gasteiger charge is -2.23. The highest BCUT2D eigenvalue weighted by atomic mass is 32.1. The second kappa shape index (κ2) is 8.93. The van der Waals surface area contributed by atoms with Gasteiger partial charge < -0.3 is 10.5 Å². The summed E-state index contributed by atoms with van der Waals surface area (Å²) in [7, 11) is 0. The van der Waals surface area contributed by atoms with Crippen molar-refractivity contribution < 1.29 is 4.74 Å². The summed E-state index contributed by atoms with van der Waals surface area (Å²) in [6.45, 7) is 10.5. The topological polar surface area (TPSA) is 38.5 Å². The molecule has 112 valence electrons. The van der Waals surface area contributed by atoms with E-state index < -0.39 is 0 Å². The maximum atomic E-state index is 5.79. The third-order valence-corrected chi connectivity index (χ3v) is 3.74. The van der Waals surface area contributed by atoms with Gasteiger partial charge in [-0.15, -0.1) is 0 Å². The lowest BCUT2D eigenvalue weighted by molar-refractivity contribution is 0.194. The molecule has 0 radical (unpaired) electrons. The molecular formula is C16H26N2OS. The second-order valence-corrected chi connectivity index (χ2v) is 5.59. The van der Waals surface area contributed by atoms with E-state index in [9.17, 15) is 0 Å². The Kier molecular flexibility index (Phi) is 7.55. The standard InChI is InChI=1S/C16H26N2OS/c1-4-13(3)12-18(5-2)9-10-19-15-8-6-7-14(11-15)16(17)20/h6-8,11,13H,4-5,9-10,12H2,1-3H3,(H2,17,20). The van der Waals surface area contributed by atoms with Gasteiger partial charge in [-0.3, -0.25) is 4.90 Å². The molecule has 0 amide bonds. The summed E-state index contributed by atoms with van der Waals surface area (Å²) in [6.07, 6.45) is 1.22. The number of likely N-dealkylation sites (N-methyl/N-ethyl adjacent to an activating group) is 1. The van der Waals surface area contributed by atoms with Crippen LogP contribution in [0.2, 0.25) is 0 Å². The summed E-state index contributed by atoms with van der Waals surface area (Å²) in [5.41, 5.74) is 6.47. The Morgan fingerprint density at radius 1 is 1.40 bits per heavy atom. The van der Waals surface area contributed by atoms with Gasteiger partial charge in [0.05, 0.1) is 0 Å². The van der Waals surface area contributed by atoms with E-state index in [2.05, 4.69) is 25.7 Å². The van der Waals surface area contributed by atoms with Gasteiger partial charge in [0.2, 0.25) is 0 Å². The van der Waals surface area contributed by atoms with Crippen LogP contribution in [0.15, 0.2) is 24.3 Å². The molecule has 1 unspecified atom stereocenters. The minimum absolute atomic E-state index is 0.405. The Labute approximate surface area is 128 Å². The molecule has 20 heavy (non-hydrogen) atoms. The highest BCUT2D eigenvalue weighted by Crippen LogP contribution is 2.13. The summed E-state index contributed by atoms with van der Waals surface area (Å²) in [5, 5.41) is 0. The Morgan fingerprint density at radius 3 is 2.75 bits per heavy atom. The highest BCUT2D eigenvalue weighted by Gasteiger charge is 2.07. The minimum atomic E-state index is 0.405. The zero-order chi connectivity index (χ0) is 15.0. The molecule has 4 heteroatoms. The van der Waals surface area contributed by atoms with Gasteiger partial charge in [0.15, 0.2) is 0 Å². The van der Waals surface area contributed by atoms with Crippen molar-refractivity contribution in [2.45, 2.75) is 27.2 Å². The lowest BCUT2D eigenvalue weighted by atomic mass is 10.1. The van der Waals surface area contributed by atoms with Crippen LogP contribution in [0.4, 0.5) is 0 Å². The molecule has 0 spiro atoms. The van der Waals surface area contributed by atoms with Gasteiger partial charge in [0.25, 0.3) is 0 Å². The first kappa shape index (κ1) is 16.9. The predicted octanol–water partition coefficient (Wildman–Crippen LogP) is 3.07. The number of hydrogen-bond acceptors (Lipinski definition) is 3. The minimum Gasteiger partial charge on any atom is -0.492 e. The third-order valence-electron chi connectivity index (χ3n) is 3.51. The smallest absolute Gasteiger partial charge is 0.120 e. The van der Waals surface area contributed by atoms with E-state index in [0.717, 1.165) is 36.9 Å². The van der Waals surface area contributed by atoms with Crippen molar-refractivity contribution in [3.8, 4) is 5.75 Å². The zero-order valence-corrected chi connectivity index (χ0v) is 13.6. The number of ether oxygens (including phenoxy) is 1. The molecular weight excluding hydrogens is 268 g/mol. The molecule has 0 fully saturated rings. The Hall–Kier alpha value is -1.13. The van der Waals surface area contributed by atoms with E-state index in [4.69, 9.17) is 22.7 Å². The summed E-state index contributed by atoms with van der Waals surface area (Å²) < 4.78 is 5.79. The number of nitrogens with two attached hydrogens (primary N) is 1. The molecule has 3 nitrogen and oxygen atoms in total. The van der Waals surface area contributed by atoms with E-state index in [1.807, 2.05) is 24.3 Å². The van der Waals surface area contributed by atoms with E-state index >= 15 is 0 Å². The van der Waals surface area contributed by atoms with Crippen molar-refractivity contribution in [2.24, 2.45) is 11.7 Å². The van der Waals surface area contributed by atoms with Crippen LogP contribution in [0.5, 0.6) is 5.75 Å². The van der Waals surface area contributed by atoms with Crippen molar-refractivity contribution in [1.29, 1.82) is 0 Å². The van der Waals surface area contributed by atoms with Crippen LogP contribution >= 0.6 is 12.2 Å². The molecule has 0 saturated carbocycles. The summed E-state index contributed by atoms with van der Waals surface area (Å²) in [4.78, 5) is 2.83. The zero-order valence-electron chi connectivity index (χ0n) is 12.8. The highest BCUT2D eigenvalue weighted by molar-refractivity contribution is 7.80. The number of hydrogen-bond donors (Lipinski definition) is 1. The molecule has 1 atom stereocenters. The molecule has 0 bridgehead atoms. The van der Waals surface area contributed by atoms with Crippen LogP contribution < -0.4 is 10.5 Å². The van der Waals surface area contributed by atoms with Crippen LogP contribution in [0.25, 0.3) is 0 Å². The predicted molar refractivity (Wildman–Crippen MR) is 89.4 cm³/mol. The molecule has 0 aromatic heterocycles. The largest absolute Gasteiger partial charge is 0.492 e. The van der Waals surface area contributed by atoms with Crippen LogP contribution in [-0.4, -0.2) is 36.1 Å². The molecule has 1 aromatic rings. The van der Waals surface area contributed by atoms with Gasteiger partial charge >= 0.3 is 0 Å². The molecule has 0 saturated heterocycles. The summed E-state index contributed by atoms with van der Waals surface area (Å²) in [5.74, 6) is 1.56. The molecule has 1 aromatic carbocycles. The Bertz CT molecular complexity index is 423. The SMILES string of the molecule is CCC(C)CN(CC)CCOc1cccc(C(N)=S)c1. The number of nitrogens with zero attached hydrogens (tertiary/aromatic N) is 1. The van der Waals surface area contributed by atoms with Gasteiger partial charge in [-0.05, 0) is 24.6 Å². The van der Waals surface area contributed by atoms with Gasteiger partial charge in [0.1, 0.15) is 17.3 Å². The van der Waals surface area contributed by atoms with E-state index in [1.165, 1.54) is 6.42 Å². The normalized spacial score (nSPS) is 12.4. The fraction of sp³-hybridized carbons (Fsp3) is 0.562. The molecule has 1 rings (SSSR count). The van der Waals surface area contributed by atoms with Crippen molar-refractivity contribution in [3.05, 3.63) is 29.8 Å². The average Bonchev–Trinajstić information content (AvgIpc) is 2.46. The van der Waals surface area contributed by atoms with Gasteiger partial charge in [-0.2, -0.15) is 0 Å². The number of rotatable bonds is 9. The molecule has 2 N–H and O–H groups in total. The van der Waals surface area contributed by atoms with Gasteiger partial charge in [0, 0.05) is 18.7 Å². The van der Waals surface area contributed by atoms with Crippen LogP contribution in [0.3, 0.4) is 0 Å². The monoisotopic (exact) mass is 294 g/mol. The van der Waals surface area contributed by atoms with Crippen LogP contribution in [0, 0.1) is 5.92 Å². The van der Waals surface area contributed by atoms with E-state index in [0.29, 0.717) is 11.6 Å². The summed E-state index contributed by atoms with van der Waals surface area (Å²) >= 11 is 4.97. The van der Waals surface area contributed by atoms with Crippen molar-refractivity contribution in [2.75, 3.05) is 26.2 Å². The van der Waals surface area contributed by atoms with Crippen LogP contribution in [-0.2, 0) is 0 Å². The third kappa shape index (κ3) is 5.88. The maximum Gasteiger partial charge on any atom is 0.120 e. The van der Waals surface area contributed by atoms with Crippen LogP contribution in [0.1, 0.15) is 32.8 Å². The fourth-order valence-electron chi connectivity index (χ4n) is 1.98. The Balaban J connectivity index is 2.42. The summed E-state index contributed by atoms with van der Waals surface area (Å²) in [6, 6.07) is 7.65.